The summed E-state index contributed by atoms with van der Waals surface area (Å²) >= 11 is 0. The van der Waals surface area contributed by atoms with Crippen molar-refractivity contribution in [3.63, 3.8) is 0 Å². The number of aromatic nitrogens is 3. The standard InChI is InChI=1S/C20H24N4O4/c1-12(19-13(2)23-24(4)14(19)3)21-20(25)17-10-28-18(22-17)11-27-16-8-6-15(26-5)7-9-16/h6-10,12H,11H2,1-5H3,(H,21,25)/t12-/m1/s1. The van der Waals surface area contributed by atoms with Crippen LogP contribution in [0, 0.1) is 13.8 Å². The summed E-state index contributed by atoms with van der Waals surface area (Å²) in [5, 5.41) is 7.32. The number of nitrogens with zero attached hydrogens (tertiary/aromatic N) is 3. The summed E-state index contributed by atoms with van der Waals surface area (Å²) in [4.78, 5) is 16.7. The minimum Gasteiger partial charge on any atom is -0.497 e. The van der Waals surface area contributed by atoms with Crippen LogP contribution < -0.4 is 14.8 Å². The van der Waals surface area contributed by atoms with Gasteiger partial charge in [0.15, 0.2) is 12.3 Å². The van der Waals surface area contributed by atoms with Crippen LogP contribution in [0.4, 0.5) is 0 Å². The average Bonchev–Trinajstić information content (AvgIpc) is 3.25. The van der Waals surface area contributed by atoms with Gasteiger partial charge in [-0.25, -0.2) is 4.98 Å². The second-order valence-corrected chi connectivity index (χ2v) is 6.49. The normalized spacial score (nSPS) is 11.9. The zero-order chi connectivity index (χ0) is 20.3. The Morgan fingerprint density at radius 1 is 1.25 bits per heavy atom. The Morgan fingerprint density at radius 3 is 2.54 bits per heavy atom. The van der Waals surface area contributed by atoms with Crippen molar-refractivity contribution >= 4 is 5.91 Å². The van der Waals surface area contributed by atoms with Crippen LogP contribution in [0.15, 0.2) is 34.9 Å². The quantitative estimate of drug-likeness (QED) is 0.673. The summed E-state index contributed by atoms with van der Waals surface area (Å²) in [6, 6.07) is 6.98. The number of hydrogen-bond donors (Lipinski definition) is 1. The van der Waals surface area contributed by atoms with E-state index in [-0.39, 0.29) is 24.2 Å². The van der Waals surface area contributed by atoms with E-state index in [1.54, 1.807) is 36.1 Å². The van der Waals surface area contributed by atoms with E-state index in [9.17, 15) is 4.79 Å². The van der Waals surface area contributed by atoms with Crippen LogP contribution in [0.1, 0.15) is 46.3 Å². The predicted octanol–water partition coefficient (Wildman–Crippen LogP) is 3.10. The summed E-state index contributed by atoms with van der Waals surface area (Å²) in [5.74, 6) is 1.41. The maximum absolute atomic E-state index is 12.5. The SMILES string of the molecule is COc1ccc(OCc2nc(C(=O)N[C@H](C)c3c(C)nn(C)c3C)co2)cc1. The Morgan fingerprint density at radius 2 is 1.93 bits per heavy atom. The molecule has 0 spiro atoms. The van der Waals surface area contributed by atoms with E-state index in [1.807, 2.05) is 27.8 Å². The number of carbonyl (C=O) groups excluding carboxylic acids is 1. The number of hydrogen-bond acceptors (Lipinski definition) is 6. The molecule has 0 aliphatic rings. The highest BCUT2D eigenvalue weighted by Crippen LogP contribution is 2.21. The Kier molecular flexibility index (Phi) is 5.67. The number of methoxy groups -OCH3 is 1. The highest BCUT2D eigenvalue weighted by atomic mass is 16.5. The van der Waals surface area contributed by atoms with Crippen LogP contribution in [0.2, 0.25) is 0 Å². The molecule has 28 heavy (non-hydrogen) atoms. The van der Waals surface area contributed by atoms with Gasteiger partial charge in [0.25, 0.3) is 5.91 Å². The fourth-order valence-corrected chi connectivity index (χ4v) is 3.06. The van der Waals surface area contributed by atoms with Crippen LogP contribution in [-0.2, 0) is 13.7 Å². The number of oxazole rings is 1. The van der Waals surface area contributed by atoms with Crippen molar-refractivity contribution in [3.05, 3.63) is 59.1 Å². The molecule has 0 aliphatic heterocycles. The lowest BCUT2D eigenvalue weighted by molar-refractivity contribution is 0.0934. The van der Waals surface area contributed by atoms with E-state index in [0.29, 0.717) is 11.6 Å². The fraction of sp³-hybridized carbons (Fsp3) is 0.350. The van der Waals surface area contributed by atoms with Gasteiger partial charge in [-0.3, -0.25) is 9.48 Å². The van der Waals surface area contributed by atoms with Gasteiger partial charge in [-0.15, -0.1) is 0 Å². The maximum atomic E-state index is 12.5. The summed E-state index contributed by atoms with van der Waals surface area (Å²) in [6.07, 6.45) is 1.33. The molecule has 3 aromatic rings. The molecule has 0 saturated heterocycles. The molecular weight excluding hydrogens is 360 g/mol. The molecule has 1 N–H and O–H groups in total. The van der Waals surface area contributed by atoms with Gasteiger partial charge in [0.05, 0.1) is 18.8 Å². The first-order valence-electron chi connectivity index (χ1n) is 8.91. The van der Waals surface area contributed by atoms with Gasteiger partial charge in [0, 0.05) is 18.3 Å². The molecule has 2 heterocycles. The van der Waals surface area contributed by atoms with E-state index in [1.165, 1.54) is 6.26 Å². The van der Waals surface area contributed by atoms with Crippen LogP contribution in [0.25, 0.3) is 0 Å². The molecule has 0 aliphatic carbocycles. The number of nitrogens with one attached hydrogen (secondary N) is 1. The molecule has 1 aromatic carbocycles. The van der Waals surface area contributed by atoms with Crippen LogP contribution in [0.3, 0.4) is 0 Å². The van der Waals surface area contributed by atoms with E-state index < -0.39 is 0 Å². The van der Waals surface area contributed by atoms with E-state index in [4.69, 9.17) is 13.9 Å². The molecule has 0 fully saturated rings. The second kappa shape index (κ2) is 8.16. The van der Waals surface area contributed by atoms with Crippen LogP contribution in [0.5, 0.6) is 11.5 Å². The molecule has 8 heteroatoms. The number of ether oxygens (including phenoxy) is 2. The Labute approximate surface area is 163 Å². The predicted molar refractivity (Wildman–Crippen MR) is 102 cm³/mol. The zero-order valence-corrected chi connectivity index (χ0v) is 16.6. The van der Waals surface area contributed by atoms with E-state index in [0.717, 1.165) is 22.7 Å². The fourth-order valence-electron chi connectivity index (χ4n) is 3.06. The van der Waals surface area contributed by atoms with Crippen molar-refractivity contribution < 1.29 is 18.7 Å². The third-order valence-corrected chi connectivity index (χ3v) is 4.55. The van der Waals surface area contributed by atoms with E-state index >= 15 is 0 Å². The van der Waals surface area contributed by atoms with Gasteiger partial charge >= 0.3 is 0 Å². The van der Waals surface area contributed by atoms with Gasteiger partial charge in [-0.05, 0) is 45.0 Å². The number of rotatable bonds is 7. The van der Waals surface area contributed by atoms with Gasteiger partial charge < -0.3 is 19.2 Å². The lowest BCUT2D eigenvalue weighted by Crippen LogP contribution is -2.27. The molecule has 0 radical (unpaired) electrons. The molecule has 2 aromatic heterocycles. The second-order valence-electron chi connectivity index (χ2n) is 6.49. The zero-order valence-electron chi connectivity index (χ0n) is 16.6. The van der Waals surface area contributed by atoms with Gasteiger partial charge in [0.1, 0.15) is 17.8 Å². The Bertz CT molecular complexity index is 959. The first-order chi connectivity index (χ1) is 13.4. The van der Waals surface area contributed by atoms with Crippen molar-refractivity contribution in [2.24, 2.45) is 7.05 Å². The highest BCUT2D eigenvalue weighted by molar-refractivity contribution is 5.92. The third-order valence-electron chi connectivity index (χ3n) is 4.55. The monoisotopic (exact) mass is 384 g/mol. The van der Waals surface area contributed by atoms with Crippen molar-refractivity contribution in [3.8, 4) is 11.5 Å². The van der Waals surface area contributed by atoms with E-state index in [2.05, 4.69) is 15.4 Å². The number of amides is 1. The molecule has 1 amide bonds. The largest absolute Gasteiger partial charge is 0.497 e. The maximum Gasteiger partial charge on any atom is 0.273 e. The average molecular weight is 384 g/mol. The number of benzene rings is 1. The van der Waals surface area contributed by atoms with Crippen molar-refractivity contribution in [1.29, 1.82) is 0 Å². The van der Waals surface area contributed by atoms with Crippen LogP contribution >= 0.6 is 0 Å². The van der Waals surface area contributed by atoms with Crippen molar-refractivity contribution in [2.75, 3.05) is 7.11 Å². The molecule has 0 bridgehead atoms. The third kappa shape index (κ3) is 4.16. The lowest BCUT2D eigenvalue weighted by atomic mass is 10.1. The lowest BCUT2D eigenvalue weighted by Gasteiger charge is -2.13. The summed E-state index contributed by atoms with van der Waals surface area (Å²) in [7, 11) is 3.49. The minimum atomic E-state index is -0.311. The molecule has 0 saturated carbocycles. The molecular formula is C20H24N4O4. The number of aryl methyl sites for hydroxylation is 2. The van der Waals surface area contributed by atoms with Crippen molar-refractivity contribution in [2.45, 2.75) is 33.4 Å². The van der Waals surface area contributed by atoms with Gasteiger partial charge in [-0.1, -0.05) is 0 Å². The van der Waals surface area contributed by atoms with Crippen LogP contribution in [-0.4, -0.2) is 27.8 Å². The first kappa shape index (κ1) is 19.5. The summed E-state index contributed by atoms with van der Waals surface area (Å²) < 4.78 is 17.9. The summed E-state index contributed by atoms with van der Waals surface area (Å²) in [5.41, 5.74) is 3.11. The minimum absolute atomic E-state index is 0.121. The Hall–Kier alpha value is -3.29. The molecule has 148 valence electrons. The molecule has 0 unspecified atom stereocenters. The molecule has 1 atom stereocenters. The molecule has 3 rings (SSSR count). The first-order valence-corrected chi connectivity index (χ1v) is 8.91. The van der Waals surface area contributed by atoms with Crippen molar-refractivity contribution in [1.82, 2.24) is 20.1 Å². The highest BCUT2D eigenvalue weighted by Gasteiger charge is 2.20. The number of carbonyl (C=O) groups is 1. The van der Waals surface area contributed by atoms with Gasteiger partial charge in [0.2, 0.25) is 5.89 Å². The summed E-state index contributed by atoms with van der Waals surface area (Å²) in [6.45, 7) is 5.94. The molecule has 8 nitrogen and oxygen atoms in total. The topological polar surface area (TPSA) is 91.4 Å². The van der Waals surface area contributed by atoms with Gasteiger partial charge in [-0.2, -0.15) is 5.10 Å². The smallest absolute Gasteiger partial charge is 0.273 e. The Balaban J connectivity index is 1.60.